The summed E-state index contributed by atoms with van der Waals surface area (Å²) in [7, 11) is -1.45. The number of hydrogen-bond acceptors (Lipinski definition) is 4. The molecule has 0 bridgehead atoms. The molecule has 0 aromatic rings. The molecule has 0 spiro atoms. The third-order valence-corrected chi connectivity index (χ3v) is 2.83. The van der Waals surface area contributed by atoms with Gasteiger partial charge in [-0.2, -0.15) is 0 Å². The van der Waals surface area contributed by atoms with Crippen LogP contribution < -0.4 is 10.6 Å². The molecule has 14 heavy (non-hydrogen) atoms. The van der Waals surface area contributed by atoms with E-state index in [4.69, 9.17) is 0 Å². The van der Waals surface area contributed by atoms with Gasteiger partial charge in [-0.1, -0.05) is 0 Å². The van der Waals surface area contributed by atoms with Gasteiger partial charge in [-0.05, 0) is 13.8 Å². The van der Waals surface area contributed by atoms with Gasteiger partial charge in [-0.3, -0.25) is 4.79 Å². The highest BCUT2D eigenvalue weighted by molar-refractivity contribution is 7.90. The zero-order valence-electron chi connectivity index (χ0n) is 8.99. The van der Waals surface area contributed by atoms with Crippen molar-refractivity contribution in [2.24, 2.45) is 0 Å². The molecule has 84 valence electrons. The van der Waals surface area contributed by atoms with Gasteiger partial charge in [-0.25, -0.2) is 8.42 Å². The van der Waals surface area contributed by atoms with Gasteiger partial charge in [0.2, 0.25) is 5.91 Å². The van der Waals surface area contributed by atoms with Crippen LogP contribution in [0.5, 0.6) is 0 Å². The molecule has 0 heterocycles. The summed E-state index contributed by atoms with van der Waals surface area (Å²) in [4.78, 5) is 11.1. The maximum atomic E-state index is 11.1. The second kappa shape index (κ2) is 5.31. The van der Waals surface area contributed by atoms with E-state index >= 15 is 0 Å². The van der Waals surface area contributed by atoms with E-state index in [1.165, 1.54) is 6.26 Å². The number of likely N-dealkylation sites (N-methyl/N-ethyl adjacent to an activating group) is 1. The van der Waals surface area contributed by atoms with Crippen LogP contribution in [0, 0.1) is 0 Å². The molecule has 5 nitrogen and oxygen atoms in total. The van der Waals surface area contributed by atoms with Crippen molar-refractivity contribution in [1.29, 1.82) is 0 Å². The minimum Gasteiger partial charge on any atom is -0.358 e. The van der Waals surface area contributed by atoms with Crippen molar-refractivity contribution < 1.29 is 13.2 Å². The molecule has 2 unspecified atom stereocenters. The third kappa shape index (κ3) is 5.93. The summed E-state index contributed by atoms with van der Waals surface area (Å²) in [5.74, 6) is -0.112. The quantitative estimate of drug-likeness (QED) is 0.635. The molecule has 2 atom stereocenters. The van der Waals surface area contributed by atoms with Crippen molar-refractivity contribution in [3.05, 3.63) is 0 Å². The monoisotopic (exact) mass is 222 g/mol. The predicted molar refractivity (Wildman–Crippen MR) is 55.8 cm³/mol. The van der Waals surface area contributed by atoms with Crippen molar-refractivity contribution in [2.75, 3.05) is 19.1 Å². The van der Waals surface area contributed by atoms with Gasteiger partial charge >= 0.3 is 0 Å². The van der Waals surface area contributed by atoms with Gasteiger partial charge in [0, 0.05) is 19.3 Å². The molecule has 6 heteroatoms. The van der Waals surface area contributed by atoms with Gasteiger partial charge in [0.15, 0.2) is 0 Å². The van der Waals surface area contributed by atoms with E-state index in [2.05, 4.69) is 10.6 Å². The first-order valence-corrected chi connectivity index (χ1v) is 6.47. The van der Waals surface area contributed by atoms with E-state index in [0.717, 1.165) is 0 Å². The first-order chi connectivity index (χ1) is 6.26. The average molecular weight is 222 g/mol. The summed E-state index contributed by atoms with van der Waals surface area (Å²) in [5, 5.41) is 5.38. The molecule has 0 aromatic heterocycles. The molecule has 0 saturated heterocycles. The van der Waals surface area contributed by atoms with Crippen molar-refractivity contribution >= 4 is 15.7 Å². The lowest BCUT2D eigenvalue weighted by Gasteiger charge is -2.17. The van der Waals surface area contributed by atoms with Gasteiger partial charge in [0.05, 0.1) is 11.8 Å². The molecule has 0 rings (SSSR count). The number of amides is 1. The number of rotatable bonds is 5. The van der Waals surface area contributed by atoms with Crippen molar-refractivity contribution in [3.8, 4) is 0 Å². The van der Waals surface area contributed by atoms with Gasteiger partial charge in [0.25, 0.3) is 0 Å². The second-order valence-corrected chi connectivity index (χ2v) is 5.68. The highest BCUT2D eigenvalue weighted by Crippen LogP contribution is 1.92. The highest BCUT2D eigenvalue weighted by Gasteiger charge is 2.16. The maximum Gasteiger partial charge on any atom is 0.236 e. The standard InChI is InChI=1S/C8H18N2O3S/c1-6(5-14(4,12)13)10-7(2)8(11)9-3/h6-7,10H,5H2,1-4H3,(H,9,11). The smallest absolute Gasteiger partial charge is 0.236 e. The van der Waals surface area contributed by atoms with E-state index in [1.54, 1.807) is 20.9 Å². The largest absolute Gasteiger partial charge is 0.358 e. The summed E-state index contributed by atoms with van der Waals surface area (Å²) in [5.41, 5.74) is 0. The fraction of sp³-hybridized carbons (Fsp3) is 0.875. The van der Waals surface area contributed by atoms with Crippen LogP contribution in [0.3, 0.4) is 0 Å². The molecule has 0 saturated carbocycles. The zero-order chi connectivity index (χ0) is 11.4. The average Bonchev–Trinajstić information content (AvgIpc) is 1.99. The Bertz CT molecular complexity index is 287. The zero-order valence-corrected chi connectivity index (χ0v) is 9.81. The minimum absolute atomic E-state index is 0.0360. The van der Waals surface area contributed by atoms with Gasteiger partial charge in [-0.15, -0.1) is 0 Å². The predicted octanol–water partition coefficient (Wildman–Crippen LogP) is -0.856. The van der Waals surface area contributed by atoms with Crippen LogP contribution >= 0.6 is 0 Å². The minimum atomic E-state index is -3.00. The van der Waals surface area contributed by atoms with Crippen LogP contribution in [-0.2, 0) is 14.6 Å². The van der Waals surface area contributed by atoms with Crippen molar-refractivity contribution in [1.82, 2.24) is 10.6 Å². The Balaban J connectivity index is 4.07. The van der Waals surface area contributed by atoms with Crippen molar-refractivity contribution in [2.45, 2.75) is 25.9 Å². The lowest BCUT2D eigenvalue weighted by molar-refractivity contribution is -0.122. The maximum absolute atomic E-state index is 11.1. The Labute approximate surface area is 85.2 Å². The summed E-state index contributed by atoms with van der Waals surface area (Å²) in [6, 6.07) is -0.603. The first kappa shape index (κ1) is 13.4. The molecule has 2 N–H and O–H groups in total. The highest BCUT2D eigenvalue weighted by atomic mass is 32.2. The van der Waals surface area contributed by atoms with Crippen LogP contribution in [0.4, 0.5) is 0 Å². The first-order valence-electron chi connectivity index (χ1n) is 4.41. The van der Waals surface area contributed by atoms with Gasteiger partial charge in [0.1, 0.15) is 9.84 Å². The molecule has 1 amide bonds. The number of sulfone groups is 1. The van der Waals surface area contributed by atoms with Crippen LogP contribution in [0.15, 0.2) is 0 Å². The Morgan fingerprint density at radius 2 is 1.86 bits per heavy atom. The van der Waals surface area contributed by atoms with Crippen molar-refractivity contribution in [3.63, 3.8) is 0 Å². The SMILES string of the molecule is CNC(=O)C(C)NC(C)CS(C)(=O)=O. The number of carbonyl (C=O) groups excluding carboxylic acids is 1. The fourth-order valence-electron chi connectivity index (χ4n) is 1.22. The van der Waals surface area contributed by atoms with Crippen LogP contribution in [0.2, 0.25) is 0 Å². The molecule has 0 aliphatic heterocycles. The van der Waals surface area contributed by atoms with E-state index in [9.17, 15) is 13.2 Å². The molecular formula is C8H18N2O3S. The Hall–Kier alpha value is -0.620. The van der Waals surface area contributed by atoms with E-state index < -0.39 is 9.84 Å². The molecule has 0 radical (unpaired) electrons. The topological polar surface area (TPSA) is 75.3 Å². The number of carbonyl (C=O) groups is 1. The Morgan fingerprint density at radius 1 is 1.36 bits per heavy atom. The third-order valence-electron chi connectivity index (χ3n) is 1.73. The van der Waals surface area contributed by atoms with Crippen LogP contribution in [-0.4, -0.2) is 45.5 Å². The molecule has 0 aliphatic rings. The van der Waals surface area contributed by atoms with E-state index in [-0.39, 0.29) is 23.7 Å². The lowest BCUT2D eigenvalue weighted by Crippen LogP contribution is -2.46. The number of nitrogens with one attached hydrogen (secondary N) is 2. The van der Waals surface area contributed by atoms with E-state index in [0.29, 0.717) is 0 Å². The van der Waals surface area contributed by atoms with Gasteiger partial charge < -0.3 is 10.6 Å². The fourth-order valence-corrected chi connectivity index (χ4v) is 2.23. The summed E-state index contributed by atoms with van der Waals surface area (Å²) < 4.78 is 21.8. The second-order valence-electron chi connectivity index (χ2n) is 3.50. The van der Waals surface area contributed by atoms with E-state index in [1.807, 2.05) is 0 Å². The Morgan fingerprint density at radius 3 is 2.21 bits per heavy atom. The molecule has 0 aromatic carbocycles. The normalized spacial score (nSPS) is 16.0. The lowest BCUT2D eigenvalue weighted by atomic mass is 10.2. The van der Waals surface area contributed by atoms with Crippen LogP contribution in [0.1, 0.15) is 13.8 Å². The summed E-state index contributed by atoms with van der Waals surface area (Å²) >= 11 is 0. The molecule has 0 fully saturated rings. The summed E-state index contributed by atoms with van der Waals surface area (Å²) in [6.07, 6.45) is 1.18. The Kier molecular flexibility index (Phi) is 5.07. The molecular weight excluding hydrogens is 204 g/mol. The van der Waals surface area contributed by atoms with Crippen LogP contribution in [0.25, 0.3) is 0 Å². The molecule has 0 aliphatic carbocycles. The number of hydrogen-bond donors (Lipinski definition) is 2. The summed E-state index contributed by atoms with van der Waals surface area (Å²) in [6.45, 7) is 3.43.